The molecule has 1 saturated carbocycles. The van der Waals surface area contributed by atoms with Crippen LogP contribution in [0.2, 0.25) is 0 Å². The van der Waals surface area contributed by atoms with E-state index in [9.17, 15) is 4.79 Å². The number of carbonyl (C=O) groups excluding carboxylic acids is 1. The highest BCUT2D eigenvalue weighted by atomic mass is 16.2. The first kappa shape index (κ1) is 13.1. The molecule has 0 aliphatic heterocycles. The minimum atomic E-state index is 0.0985. The summed E-state index contributed by atoms with van der Waals surface area (Å²) in [6.07, 6.45) is 0.945. The molecule has 2 atom stereocenters. The van der Waals surface area contributed by atoms with Crippen molar-refractivity contribution in [2.45, 2.75) is 12.3 Å². The average Bonchev–Trinajstić information content (AvgIpc) is 3.37. The Bertz CT molecular complexity index is 820. The fourth-order valence-corrected chi connectivity index (χ4v) is 3.11. The van der Waals surface area contributed by atoms with Gasteiger partial charge in [0, 0.05) is 17.0 Å². The zero-order chi connectivity index (χ0) is 14.9. The van der Waals surface area contributed by atoms with E-state index in [-0.39, 0.29) is 11.8 Å². The largest absolute Gasteiger partial charge is 0.325 e. The van der Waals surface area contributed by atoms with Gasteiger partial charge in [0.1, 0.15) is 0 Å². The van der Waals surface area contributed by atoms with Crippen molar-refractivity contribution in [1.29, 1.82) is 0 Å². The van der Waals surface area contributed by atoms with Gasteiger partial charge in [-0.15, -0.1) is 0 Å². The molecule has 1 amide bonds. The number of fused-ring (bicyclic) bond motifs is 1. The van der Waals surface area contributed by atoms with Crippen molar-refractivity contribution < 1.29 is 4.79 Å². The molecule has 0 aromatic heterocycles. The van der Waals surface area contributed by atoms with Crippen LogP contribution < -0.4 is 5.32 Å². The van der Waals surface area contributed by atoms with Crippen molar-refractivity contribution in [3.8, 4) is 0 Å². The molecule has 0 unspecified atom stereocenters. The van der Waals surface area contributed by atoms with Gasteiger partial charge >= 0.3 is 0 Å². The Balaban J connectivity index is 1.53. The van der Waals surface area contributed by atoms with E-state index < -0.39 is 0 Å². The Morgan fingerprint density at radius 1 is 0.864 bits per heavy atom. The molecule has 3 aromatic rings. The van der Waals surface area contributed by atoms with E-state index in [2.05, 4.69) is 29.6 Å². The summed E-state index contributed by atoms with van der Waals surface area (Å²) in [5, 5.41) is 5.35. The second-order valence-electron chi connectivity index (χ2n) is 5.88. The molecule has 2 nitrogen and oxygen atoms in total. The molecule has 4 rings (SSSR count). The Morgan fingerprint density at radius 2 is 1.59 bits per heavy atom. The lowest BCUT2D eigenvalue weighted by atomic mass is 10.1. The zero-order valence-corrected chi connectivity index (χ0v) is 12.2. The van der Waals surface area contributed by atoms with Crippen LogP contribution in [0.4, 0.5) is 5.69 Å². The van der Waals surface area contributed by atoms with E-state index in [1.807, 2.05) is 48.5 Å². The minimum Gasteiger partial charge on any atom is -0.325 e. The van der Waals surface area contributed by atoms with Gasteiger partial charge in [0.15, 0.2) is 0 Å². The van der Waals surface area contributed by atoms with E-state index in [4.69, 9.17) is 0 Å². The number of anilines is 1. The van der Waals surface area contributed by atoms with Crippen LogP contribution in [0.15, 0.2) is 72.8 Å². The lowest BCUT2D eigenvalue weighted by Gasteiger charge is -2.08. The molecule has 2 heteroatoms. The van der Waals surface area contributed by atoms with E-state index in [1.54, 1.807) is 0 Å². The molecule has 1 fully saturated rings. The predicted octanol–water partition coefficient (Wildman–Crippen LogP) is 4.58. The van der Waals surface area contributed by atoms with Crippen LogP contribution in [0, 0.1) is 5.92 Å². The predicted molar refractivity (Wildman–Crippen MR) is 89.9 cm³/mol. The van der Waals surface area contributed by atoms with Crippen molar-refractivity contribution in [1.82, 2.24) is 0 Å². The molecule has 108 valence electrons. The van der Waals surface area contributed by atoms with Gasteiger partial charge in [-0.25, -0.2) is 0 Å². The second kappa shape index (κ2) is 5.30. The summed E-state index contributed by atoms with van der Waals surface area (Å²) in [5.41, 5.74) is 2.17. The highest BCUT2D eigenvalue weighted by molar-refractivity contribution is 6.03. The van der Waals surface area contributed by atoms with Gasteiger partial charge in [0.2, 0.25) is 5.91 Å². The fraction of sp³-hybridized carbons (Fsp3) is 0.150. The molecule has 1 aliphatic rings. The first-order valence-electron chi connectivity index (χ1n) is 7.66. The van der Waals surface area contributed by atoms with E-state index in [0.29, 0.717) is 5.92 Å². The van der Waals surface area contributed by atoms with Crippen LogP contribution in [0.1, 0.15) is 17.9 Å². The number of amides is 1. The van der Waals surface area contributed by atoms with Gasteiger partial charge in [-0.1, -0.05) is 66.7 Å². The molecule has 3 aromatic carbocycles. The lowest BCUT2D eigenvalue weighted by Crippen LogP contribution is -2.14. The summed E-state index contributed by atoms with van der Waals surface area (Å²) in [6, 6.07) is 24.4. The van der Waals surface area contributed by atoms with Crippen molar-refractivity contribution >= 4 is 22.4 Å². The van der Waals surface area contributed by atoms with E-state index in [0.717, 1.165) is 22.9 Å². The summed E-state index contributed by atoms with van der Waals surface area (Å²) in [6.45, 7) is 0. The van der Waals surface area contributed by atoms with E-state index in [1.165, 1.54) is 5.56 Å². The molecule has 0 radical (unpaired) electrons. The third-order valence-electron chi connectivity index (χ3n) is 4.40. The molecular weight excluding hydrogens is 270 g/mol. The quantitative estimate of drug-likeness (QED) is 0.750. The van der Waals surface area contributed by atoms with Crippen LogP contribution in [0.3, 0.4) is 0 Å². The van der Waals surface area contributed by atoms with Crippen molar-refractivity contribution in [2.24, 2.45) is 5.92 Å². The van der Waals surface area contributed by atoms with Crippen molar-refractivity contribution in [3.05, 3.63) is 78.4 Å². The van der Waals surface area contributed by atoms with Crippen LogP contribution in [0.25, 0.3) is 10.8 Å². The summed E-state index contributed by atoms with van der Waals surface area (Å²) >= 11 is 0. The normalized spacial score (nSPS) is 19.8. The van der Waals surface area contributed by atoms with Gasteiger partial charge in [-0.2, -0.15) is 0 Å². The smallest absolute Gasteiger partial charge is 0.228 e. The lowest BCUT2D eigenvalue weighted by molar-refractivity contribution is -0.117. The molecule has 0 spiro atoms. The SMILES string of the molecule is O=C(Nc1cccc2ccccc12)[C@H]1C[C@@H]1c1ccccc1. The maximum atomic E-state index is 12.5. The maximum absolute atomic E-state index is 12.5. The zero-order valence-electron chi connectivity index (χ0n) is 12.2. The molecule has 1 N–H and O–H groups in total. The number of hydrogen-bond acceptors (Lipinski definition) is 1. The van der Waals surface area contributed by atoms with Crippen LogP contribution in [-0.2, 0) is 4.79 Å². The van der Waals surface area contributed by atoms with Crippen LogP contribution in [-0.4, -0.2) is 5.91 Å². The van der Waals surface area contributed by atoms with Crippen LogP contribution in [0.5, 0.6) is 0 Å². The number of nitrogens with one attached hydrogen (secondary N) is 1. The number of hydrogen-bond donors (Lipinski definition) is 1. The van der Waals surface area contributed by atoms with Crippen molar-refractivity contribution in [3.63, 3.8) is 0 Å². The molecule has 0 bridgehead atoms. The summed E-state index contributed by atoms with van der Waals surface area (Å²) in [5.74, 6) is 0.600. The molecule has 0 saturated heterocycles. The second-order valence-corrected chi connectivity index (χ2v) is 5.88. The maximum Gasteiger partial charge on any atom is 0.228 e. The van der Waals surface area contributed by atoms with Gasteiger partial charge in [-0.05, 0) is 29.4 Å². The average molecular weight is 287 g/mol. The third-order valence-corrected chi connectivity index (χ3v) is 4.40. The highest BCUT2D eigenvalue weighted by Gasteiger charge is 2.43. The number of rotatable bonds is 3. The van der Waals surface area contributed by atoms with Gasteiger partial charge in [0.25, 0.3) is 0 Å². The fourth-order valence-electron chi connectivity index (χ4n) is 3.11. The summed E-state index contributed by atoms with van der Waals surface area (Å²) < 4.78 is 0. The Hall–Kier alpha value is -2.61. The molecular formula is C20H17NO. The third kappa shape index (κ3) is 2.37. The van der Waals surface area contributed by atoms with Crippen molar-refractivity contribution in [2.75, 3.05) is 5.32 Å². The first-order chi connectivity index (χ1) is 10.8. The summed E-state index contributed by atoms with van der Waals surface area (Å²) in [4.78, 5) is 12.5. The molecule has 22 heavy (non-hydrogen) atoms. The Kier molecular flexibility index (Phi) is 3.15. The molecule has 0 heterocycles. The number of benzene rings is 3. The van der Waals surface area contributed by atoms with Gasteiger partial charge in [0.05, 0.1) is 0 Å². The van der Waals surface area contributed by atoms with Gasteiger partial charge < -0.3 is 5.32 Å². The first-order valence-corrected chi connectivity index (χ1v) is 7.66. The Labute approximate surface area is 129 Å². The number of carbonyl (C=O) groups is 1. The monoisotopic (exact) mass is 287 g/mol. The standard InChI is InChI=1S/C20H17NO/c22-20(18-13-17(18)15-7-2-1-3-8-15)21-19-12-6-10-14-9-4-5-11-16(14)19/h1-12,17-18H,13H2,(H,21,22)/t17-,18+/m1/s1. The summed E-state index contributed by atoms with van der Waals surface area (Å²) in [7, 11) is 0. The molecule has 1 aliphatic carbocycles. The minimum absolute atomic E-state index is 0.0985. The topological polar surface area (TPSA) is 29.1 Å². The van der Waals surface area contributed by atoms with Crippen LogP contribution >= 0.6 is 0 Å². The van der Waals surface area contributed by atoms with Gasteiger partial charge in [-0.3, -0.25) is 4.79 Å². The highest BCUT2D eigenvalue weighted by Crippen LogP contribution is 2.48. The Morgan fingerprint density at radius 3 is 2.45 bits per heavy atom. The van der Waals surface area contributed by atoms with E-state index >= 15 is 0 Å².